The molecule has 1 unspecified atom stereocenters. The molecule has 6 aromatic rings. The second-order valence-electron chi connectivity index (χ2n) is 19.3. The summed E-state index contributed by atoms with van der Waals surface area (Å²) >= 11 is 0. The molecule has 0 aliphatic carbocycles. The maximum Gasteiger partial charge on any atom is 0.407 e. The number of amides is 4. The molecule has 4 amide bonds. The van der Waals surface area contributed by atoms with E-state index in [-0.39, 0.29) is 35.7 Å². The highest BCUT2D eigenvalue weighted by atomic mass is 19.1. The highest BCUT2D eigenvalue weighted by Gasteiger charge is 2.40. The molecule has 0 spiro atoms. The zero-order valence-electron chi connectivity index (χ0n) is 40.1. The van der Waals surface area contributed by atoms with Crippen LogP contribution in [-0.4, -0.2) is 104 Å². The van der Waals surface area contributed by atoms with Crippen LogP contribution in [0.3, 0.4) is 0 Å². The number of aromatic nitrogens is 5. The number of H-pyrrole nitrogens is 2. The molecule has 7 heterocycles. The van der Waals surface area contributed by atoms with Crippen LogP contribution in [0.5, 0.6) is 11.5 Å². The third-order valence-electron chi connectivity index (χ3n) is 14.1. The smallest absolute Gasteiger partial charge is 0.407 e. The Morgan fingerprint density at radius 1 is 0.743 bits per heavy atom. The van der Waals surface area contributed by atoms with Crippen LogP contribution in [0.15, 0.2) is 67.0 Å². The number of ether oxygens (including phenoxy) is 4. The van der Waals surface area contributed by atoms with Crippen molar-refractivity contribution < 1.29 is 42.5 Å². The van der Waals surface area contributed by atoms with Crippen LogP contribution in [0.25, 0.3) is 44.7 Å². The highest BCUT2D eigenvalue weighted by Crippen LogP contribution is 2.48. The second-order valence-corrected chi connectivity index (χ2v) is 19.3. The van der Waals surface area contributed by atoms with E-state index in [1.165, 1.54) is 20.3 Å². The minimum atomic E-state index is -0.778. The zero-order chi connectivity index (χ0) is 49.0. The molecule has 3 aromatic heterocycles. The van der Waals surface area contributed by atoms with Gasteiger partial charge in [-0.15, -0.1) is 0 Å². The van der Waals surface area contributed by atoms with Crippen LogP contribution in [0.2, 0.25) is 0 Å². The predicted molar refractivity (Wildman–Crippen MR) is 257 cm³/mol. The number of fused-ring (bicyclic) bond motifs is 6. The van der Waals surface area contributed by atoms with Gasteiger partial charge in [0, 0.05) is 35.2 Å². The number of aryl methyl sites for hydroxylation is 1. The number of aromatic amines is 2. The van der Waals surface area contributed by atoms with Crippen molar-refractivity contribution in [2.75, 3.05) is 33.9 Å². The molecule has 2 fully saturated rings. The number of rotatable bonds is 11. The van der Waals surface area contributed by atoms with E-state index in [9.17, 15) is 19.2 Å². The molecule has 366 valence electrons. The highest BCUT2D eigenvalue weighted by molar-refractivity contribution is 5.93. The van der Waals surface area contributed by atoms with E-state index in [4.69, 9.17) is 28.9 Å². The first kappa shape index (κ1) is 46.4. The Morgan fingerprint density at radius 3 is 1.96 bits per heavy atom. The number of hydrogen-bond donors (Lipinski definition) is 4. The molecule has 10 rings (SSSR count). The van der Waals surface area contributed by atoms with Crippen molar-refractivity contribution in [3.05, 3.63) is 95.6 Å². The van der Waals surface area contributed by atoms with Gasteiger partial charge in [-0.1, -0.05) is 33.8 Å². The lowest BCUT2D eigenvalue weighted by Crippen LogP contribution is -2.51. The average Bonchev–Trinajstić information content (AvgIpc) is 4.23. The van der Waals surface area contributed by atoms with Gasteiger partial charge < -0.3 is 53.9 Å². The molecule has 0 radical (unpaired) electrons. The number of alkyl carbamates (subject to hydrolysis) is 2. The summed E-state index contributed by atoms with van der Waals surface area (Å²) in [5.74, 6) is 1.21. The average molecular weight is 956 g/mol. The van der Waals surface area contributed by atoms with E-state index in [0.29, 0.717) is 72.5 Å². The van der Waals surface area contributed by atoms with Crippen LogP contribution in [0.4, 0.5) is 14.0 Å². The van der Waals surface area contributed by atoms with Crippen molar-refractivity contribution in [3.63, 3.8) is 0 Å². The number of methoxy groups -OCH3 is 2. The number of likely N-dealkylation sites (tertiary alicyclic amines) is 2. The molecule has 4 N–H and O–H groups in total. The van der Waals surface area contributed by atoms with Gasteiger partial charge in [0.2, 0.25) is 18.0 Å². The lowest BCUT2D eigenvalue weighted by atomic mass is 10.00. The van der Waals surface area contributed by atoms with Gasteiger partial charge in [0.15, 0.2) is 0 Å². The number of imidazole rings is 2. The summed E-state index contributed by atoms with van der Waals surface area (Å²) < 4.78 is 41.6. The Labute approximate surface area is 404 Å². The quantitative estimate of drug-likeness (QED) is 0.0976. The van der Waals surface area contributed by atoms with Gasteiger partial charge in [-0.05, 0) is 104 Å². The Bertz CT molecular complexity index is 3000. The van der Waals surface area contributed by atoms with E-state index in [0.717, 1.165) is 64.7 Å². The third kappa shape index (κ3) is 8.46. The van der Waals surface area contributed by atoms with Crippen molar-refractivity contribution in [1.82, 2.24) is 44.9 Å². The maximum atomic E-state index is 17.0. The van der Waals surface area contributed by atoms with Crippen LogP contribution in [-0.2, 0) is 25.5 Å². The Hall–Kier alpha value is -7.37. The molecule has 0 bridgehead atoms. The van der Waals surface area contributed by atoms with Gasteiger partial charge in [-0.25, -0.2) is 23.9 Å². The summed E-state index contributed by atoms with van der Waals surface area (Å²) in [6, 6.07) is 15.3. The van der Waals surface area contributed by atoms with E-state index >= 15 is 4.39 Å². The van der Waals surface area contributed by atoms with E-state index < -0.39 is 36.3 Å². The van der Waals surface area contributed by atoms with E-state index in [1.807, 2.05) is 74.7 Å². The number of benzene rings is 3. The van der Waals surface area contributed by atoms with Crippen LogP contribution in [0.1, 0.15) is 101 Å². The molecule has 3 aromatic carbocycles. The van der Waals surface area contributed by atoms with Gasteiger partial charge in [0.25, 0.3) is 0 Å². The maximum absolute atomic E-state index is 17.0. The fraction of sp³-hybridized carbons (Fsp3) is 0.423. The molecular formula is C52H58FN9O8. The van der Waals surface area contributed by atoms with Crippen molar-refractivity contribution >= 4 is 34.9 Å². The monoisotopic (exact) mass is 955 g/mol. The molecule has 4 aliphatic heterocycles. The number of carbonyl (C=O) groups is 4. The number of carbonyl (C=O) groups excluding carboxylic acids is 4. The Kier molecular flexibility index (Phi) is 12.5. The molecule has 17 nitrogen and oxygen atoms in total. The first-order valence-electron chi connectivity index (χ1n) is 24.1. The zero-order valence-corrected chi connectivity index (χ0v) is 40.1. The lowest BCUT2D eigenvalue weighted by Gasteiger charge is -2.31. The Morgan fingerprint density at radius 2 is 1.36 bits per heavy atom. The lowest BCUT2D eigenvalue weighted by molar-refractivity contribution is -0.136. The van der Waals surface area contributed by atoms with Gasteiger partial charge in [0.05, 0.1) is 73.5 Å². The molecule has 70 heavy (non-hydrogen) atoms. The summed E-state index contributed by atoms with van der Waals surface area (Å²) in [6.07, 6.45) is 6.12. The van der Waals surface area contributed by atoms with Crippen molar-refractivity contribution in [3.8, 4) is 45.3 Å². The minimum Gasteiger partial charge on any atom is -0.493 e. The fourth-order valence-corrected chi connectivity index (χ4v) is 10.5. The molecular weight excluding hydrogens is 898 g/mol. The molecule has 2 saturated heterocycles. The van der Waals surface area contributed by atoms with Gasteiger partial charge in [-0.2, -0.15) is 0 Å². The molecule has 18 heteroatoms. The van der Waals surface area contributed by atoms with Gasteiger partial charge >= 0.3 is 12.2 Å². The van der Waals surface area contributed by atoms with Crippen LogP contribution >= 0.6 is 0 Å². The first-order valence-corrected chi connectivity index (χ1v) is 24.1. The third-order valence-corrected chi connectivity index (χ3v) is 14.1. The molecule has 0 saturated carbocycles. The summed E-state index contributed by atoms with van der Waals surface area (Å²) in [4.78, 5) is 71.9. The summed E-state index contributed by atoms with van der Waals surface area (Å²) in [5.41, 5.74) is 6.48. The summed E-state index contributed by atoms with van der Waals surface area (Å²) in [6.45, 7) is 9.21. The van der Waals surface area contributed by atoms with Crippen molar-refractivity contribution in [2.24, 2.45) is 11.8 Å². The summed E-state index contributed by atoms with van der Waals surface area (Å²) in [5, 5.41) is 6.25. The Balaban J connectivity index is 0.981. The molecule has 4 aliphatic rings. The standard InChI is InChI=1S/C52H58FN9O8/c1-27(2)44(58-51(65)67-5)48(63)60-17-7-11-38(60)46-54-25-35(56-46)29-13-15-37-33(20-29)23-40-43-34(53)22-32(24-42(43)70-50(62(37)40)31-14-16-41-30(21-31)10-9-19-69-41)36-26-55-47(57-36)39-12-8-18-61(39)49(64)45(28(3)4)59-52(66)68-6/h13-16,20-28,38-39,44-45,50H,7-12,17-19H2,1-6H3,(H,54,56)(H,55,57)(H,58,65)(H,59,66)/t38-,39-,44-,45-,50?/m0/s1. The van der Waals surface area contributed by atoms with E-state index in [2.05, 4.69) is 26.7 Å². The molecule has 5 atom stereocenters. The van der Waals surface area contributed by atoms with E-state index in [1.54, 1.807) is 22.2 Å². The van der Waals surface area contributed by atoms with Crippen LogP contribution in [0, 0.1) is 17.7 Å². The minimum absolute atomic E-state index is 0.158. The second kappa shape index (κ2) is 18.8. The van der Waals surface area contributed by atoms with Crippen molar-refractivity contribution in [2.45, 2.75) is 96.6 Å². The van der Waals surface area contributed by atoms with Crippen LogP contribution < -0.4 is 20.1 Å². The predicted octanol–water partition coefficient (Wildman–Crippen LogP) is 8.58. The fourth-order valence-electron chi connectivity index (χ4n) is 10.5. The van der Waals surface area contributed by atoms with Gasteiger partial charge in [-0.3, -0.25) is 9.59 Å². The number of nitrogens with zero attached hydrogens (tertiary/aromatic N) is 5. The van der Waals surface area contributed by atoms with Crippen molar-refractivity contribution in [1.29, 1.82) is 0 Å². The SMILES string of the molecule is COC(=O)N[C@H](C(=O)N1CCC[C@H]1c1ncc(-c2cc(F)c3c(c2)OC(c2ccc4c(c2)CCCO4)n2c-3cc3cc(-c4cnc([C@@H]5CCCN5C(=O)[C@@H](NC(=O)OC)C(C)C)[nH]4)ccc32)[nH]1)C(C)C. The summed E-state index contributed by atoms with van der Waals surface area (Å²) in [7, 11) is 2.54. The first-order chi connectivity index (χ1) is 33.8. The largest absolute Gasteiger partial charge is 0.493 e. The number of halogens is 1. The number of nitrogens with one attached hydrogen (secondary N) is 4. The normalized spacial score (nSPS) is 19.2. The number of hydrogen-bond acceptors (Lipinski definition) is 10. The topological polar surface area (TPSA) is 198 Å². The van der Waals surface area contributed by atoms with Gasteiger partial charge in [0.1, 0.15) is 41.0 Å².